The van der Waals surface area contributed by atoms with E-state index in [1.165, 1.54) is 40.8 Å². The van der Waals surface area contributed by atoms with Crippen molar-refractivity contribution in [2.24, 2.45) is 0 Å². The van der Waals surface area contributed by atoms with E-state index in [-0.39, 0.29) is 23.5 Å². The van der Waals surface area contributed by atoms with Crippen molar-refractivity contribution in [2.45, 2.75) is 37.2 Å². The minimum absolute atomic E-state index is 0.0434. The molecule has 0 saturated carbocycles. The van der Waals surface area contributed by atoms with Crippen LogP contribution in [0.25, 0.3) is 0 Å². The van der Waals surface area contributed by atoms with Crippen molar-refractivity contribution < 1.29 is 9.18 Å². The van der Waals surface area contributed by atoms with Crippen molar-refractivity contribution in [3.63, 3.8) is 0 Å². The maximum absolute atomic E-state index is 12.9. The second-order valence-corrected chi connectivity index (χ2v) is 8.73. The molecule has 0 bridgehead atoms. The number of thioether (sulfide) groups is 1. The average molecular weight is 431 g/mol. The fourth-order valence-electron chi connectivity index (χ4n) is 2.66. The summed E-state index contributed by atoms with van der Waals surface area (Å²) in [6, 6.07) is 14.5. The fraction of sp³-hybridized carbons (Fsp3) is 0.286. The predicted octanol–water partition coefficient (Wildman–Crippen LogP) is 4.82. The van der Waals surface area contributed by atoms with Crippen LogP contribution in [0.15, 0.2) is 52.9 Å². The van der Waals surface area contributed by atoms with Crippen LogP contribution in [0.5, 0.6) is 0 Å². The molecule has 1 atom stereocenters. The van der Waals surface area contributed by atoms with Gasteiger partial charge in [-0.3, -0.25) is 4.79 Å². The van der Waals surface area contributed by atoms with Crippen LogP contribution >= 0.6 is 23.1 Å². The van der Waals surface area contributed by atoms with Gasteiger partial charge >= 0.3 is 0 Å². The molecule has 152 valence electrons. The van der Waals surface area contributed by atoms with E-state index in [0.717, 1.165) is 21.9 Å². The van der Waals surface area contributed by atoms with E-state index in [4.69, 9.17) is 0 Å². The van der Waals surface area contributed by atoms with Gasteiger partial charge in [0.2, 0.25) is 11.0 Å². The topological polar surface area (TPSA) is 66.9 Å². The molecular weight excluding hydrogens is 407 g/mol. The summed E-state index contributed by atoms with van der Waals surface area (Å²) in [5, 5.41) is 15.0. The summed E-state index contributed by atoms with van der Waals surface area (Å²) in [5.41, 5.74) is 3.32. The van der Waals surface area contributed by atoms with Gasteiger partial charge in [0.1, 0.15) is 5.82 Å². The SMILES string of the molecule is CCc1ccc(C(C)NC(=O)CSc2nnc(NCc3ccc(F)cc3)s2)cc1. The molecule has 8 heteroatoms. The zero-order chi connectivity index (χ0) is 20.6. The molecule has 0 saturated heterocycles. The van der Waals surface area contributed by atoms with Crippen molar-refractivity contribution >= 4 is 34.1 Å². The minimum Gasteiger partial charge on any atom is -0.356 e. The highest BCUT2D eigenvalue weighted by Crippen LogP contribution is 2.26. The molecule has 0 radical (unpaired) electrons. The van der Waals surface area contributed by atoms with Gasteiger partial charge in [-0.15, -0.1) is 10.2 Å². The highest BCUT2D eigenvalue weighted by molar-refractivity contribution is 8.01. The van der Waals surface area contributed by atoms with E-state index in [1.807, 2.05) is 6.92 Å². The maximum Gasteiger partial charge on any atom is 0.230 e. The summed E-state index contributed by atoms with van der Waals surface area (Å²) in [6.07, 6.45) is 1.00. The lowest BCUT2D eigenvalue weighted by atomic mass is 10.1. The molecule has 3 rings (SSSR count). The molecule has 5 nitrogen and oxygen atoms in total. The molecule has 0 spiro atoms. The van der Waals surface area contributed by atoms with Crippen molar-refractivity contribution in [1.29, 1.82) is 0 Å². The molecule has 1 amide bonds. The Labute approximate surface area is 178 Å². The smallest absolute Gasteiger partial charge is 0.230 e. The van der Waals surface area contributed by atoms with Crippen LogP contribution in [0.2, 0.25) is 0 Å². The lowest BCUT2D eigenvalue weighted by molar-refractivity contribution is -0.119. The van der Waals surface area contributed by atoms with E-state index < -0.39 is 0 Å². The number of halogens is 1. The lowest BCUT2D eigenvalue weighted by Crippen LogP contribution is -2.28. The number of hydrogen-bond donors (Lipinski definition) is 2. The second kappa shape index (κ2) is 10.4. The van der Waals surface area contributed by atoms with E-state index >= 15 is 0 Å². The zero-order valence-corrected chi connectivity index (χ0v) is 17.9. The summed E-state index contributed by atoms with van der Waals surface area (Å²) >= 11 is 2.75. The van der Waals surface area contributed by atoms with Crippen LogP contribution in [-0.4, -0.2) is 21.9 Å². The monoisotopic (exact) mass is 430 g/mol. The molecule has 2 aromatic carbocycles. The van der Waals surface area contributed by atoms with Crippen LogP contribution in [0, 0.1) is 5.82 Å². The largest absolute Gasteiger partial charge is 0.356 e. The highest BCUT2D eigenvalue weighted by Gasteiger charge is 2.12. The van der Waals surface area contributed by atoms with Gasteiger partial charge in [-0.1, -0.05) is 66.4 Å². The van der Waals surface area contributed by atoms with Crippen LogP contribution in [0.3, 0.4) is 0 Å². The Morgan fingerprint density at radius 2 is 1.79 bits per heavy atom. The standard InChI is InChI=1S/C21H23FN4OS2/c1-3-15-4-8-17(9-5-15)14(2)24-19(27)13-28-21-26-25-20(29-21)23-12-16-6-10-18(22)11-7-16/h4-11,14H,3,12-13H2,1-2H3,(H,23,25)(H,24,27). The highest BCUT2D eigenvalue weighted by atomic mass is 32.2. The molecule has 29 heavy (non-hydrogen) atoms. The number of carbonyl (C=O) groups is 1. The Morgan fingerprint density at radius 3 is 2.48 bits per heavy atom. The summed E-state index contributed by atoms with van der Waals surface area (Å²) in [5.74, 6) is -0.0173. The molecule has 1 aromatic heterocycles. The number of aromatic nitrogens is 2. The van der Waals surface area contributed by atoms with Crippen LogP contribution < -0.4 is 10.6 Å². The number of benzene rings is 2. The first-order chi connectivity index (χ1) is 14.0. The van der Waals surface area contributed by atoms with Gasteiger partial charge in [0, 0.05) is 6.54 Å². The molecule has 1 unspecified atom stereocenters. The number of amides is 1. The summed E-state index contributed by atoms with van der Waals surface area (Å²) in [6.45, 7) is 4.63. The van der Waals surface area contributed by atoms with Gasteiger partial charge in [-0.25, -0.2) is 4.39 Å². The van der Waals surface area contributed by atoms with E-state index in [1.54, 1.807) is 12.1 Å². The zero-order valence-electron chi connectivity index (χ0n) is 16.3. The maximum atomic E-state index is 12.9. The number of nitrogens with zero attached hydrogens (tertiary/aromatic N) is 2. The third-order valence-electron chi connectivity index (χ3n) is 4.36. The normalized spacial score (nSPS) is 11.8. The molecule has 0 aliphatic heterocycles. The summed E-state index contributed by atoms with van der Waals surface area (Å²) in [4.78, 5) is 12.2. The Morgan fingerprint density at radius 1 is 1.10 bits per heavy atom. The fourth-order valence-corrected chi connectivity index (χ4v) is 4.21. The minimum atomic E-state index is -0.256. The summed E-state index contributed by atoms with van der Waals surface area (Å²) < 4.78 is 13.7. The first kappa shape index (κ1) is 21.3. The Bertz CT molecular complexity index is 929. The molecule has 2 N–H and O–H groups in total. The van der Waals surface area contributed by atoms with E-state index in [0.29, 0.717) is 11.7 Å². The molecule has 0 aliphatic carbocycles. The van der Waals surface area contributed by atoms with Crippen molar-refractivity contribution in [3.8, 4) is 0 Å². The van der Waals surface area contributed by atoms with E-state index in [9.17, 15) is 9.18 Å². The van der Waals surface area contributed by atoms with Gasteiger partial charge < -0.3 is 10.6 Å². The molecule has 3 aromatic rings. The number of anilines is 1. The molecule has 0 fully saturated rings. The second-order valence-electron chi connectivity index (χ2n) is 6.53. The Hall–Kier alpha value is -2.45. The number of aryl methyl sites for hydroxylation is 1. The quantitative estimate of drug-likeness (QED) is 0.477. The van der Waals surface area contributed by atoms with Gasteiger partial charge in [0.05, 0.1) is 11.8 Å². The van der Waals surface area contributed by atoms with Gasteiger partial charge in [-0.2, -0.15) is 0 Å². The van der Waals surface area contributed by atoms with Crippen molar-refractivity contribution in [1.82, 2.24) is 15.5 Å². The van der Waals surface area contributed by atoms with Gasteiger partial charge in [0.25, 0.3) is 0 Å². The third-order valence-corrected chi connectivity index (χ3v) is 6.37. The number of hydrogen-bond acceptors (Lipinski definition) is 6. The van der Waals surface area contributed by atoms with Crippen molar-refractivity contribution in [3.05, 3.63) is 71.0 Å². The van der Waals surface area contributed by atoms with Crippen molar-refractivity contribution in [2.75, 3.05) is 11.1 Å². The molecular formula is C21H23FN4OS2. The van der Waals surface area contributed by atoms with Crippen LogP contribution in [0.4, 0.5) is 9.52 Å². The van der Waals surface area contributed by atoms with Gasteiger partial charge in [0.15, 0.2) is 4.34 Å². The van der Waals surface area contributed by atoms with E-state index in [2.05, 4.69) is 52.0 Å². The summed E-state index contributed by atoms with van der Waals surface area (Å²) in [7, 11) is 0. The molecule has 0 aliphatic rings. The predicted molar refractivity (Wildman–Crippen MR) is 117 cm³/mol. The van der Waals surface area contributed by atoms with Crippen LogP contribution in [-0.2, 0) is 17.8 Å². The van der Waals surface area contributed by atoms with Crippen LogP contribution in [0.1, 0.15) is 36.6 Å². The number of nitrogens with one attached hydrogen (secondary N) is 2. The average Bonchev–Trinajstić information content (AvgIpc) is 3.20. The number of carbonyl (C=O) groups excluding carboxylic acids is 1. The van der Waals surface area contributed by atoms with Gasteiger partial charge in [-0.05, 0) is 42.2 Å². The Balaban J connectivity index is 1.43. The lowest BCUT2D eigenvalue weighted by Gasteiger charge is -2.14. The number of rotatable bonds is 9. The third kappa shape index (κ3) is 6.54. The Kier molecular flexibility index (Phi) is 7.60. The first-order valence-corrected chi connectivity index (χ1v) is 11.2. The molecule has 1 heterocycles. The first-order valence-electron chi connectivity index (χ1n) is 9.36.